The Morgan fingerprint density at radius 2 is 1.76 bits per heavy atom. The van der Waals surface area contributed by atoms with Gasteiger partial charge in [-0.15, -0.1) is 0 Å². The summed E-state index contributed by atoms with van der Waals surface area (Å²) in [5.74, 6) is 0.611. The van der Waals surface area contributed by atoms with E-state index in [1.807, 2.05) is 12.1 Å². The lowest BCUT2D eigenvalue weighted by atomic mass is 10.2. The Bertz CT molecular complexity index is 1130. The van der Waals surface area contributed by atoms with Crippen LogP contribution in [0.2, 0.25) is 0 Å². The number of nitro groups is 1. The van der Waals surface area contributed by atoms with E-state index in [1.54, 1.807) is 12.1 Å². The lowest BCUT2D eigenvalue weighted by Crippen LogP contribution is -2.44. The summed E-state index contributed by atoms with van der Waals surface area (Å²) in [6.07, 6.45) is 1.52. The highest BCUT2D eigenvalue weighted by Crippen LogP contribution is 2.21. The summed E-state index contributed by atoms with van der Waals surface area (Å²) in [5.41, 5.74) is 2.18. The van der Waals surface area contributed by atoms with Gasteiger partial charge in [0.05, 0.1) is 4.92 Å². The van der Waals surface area contributed by atoms with E-state index in [1.165, 1.54) is 30.1 Å². The van der Waals surface area contributed by atoms with Crippen molar-refractivity contribution < 1.29 is 9.72 Å². The van der Waals surface area contributed by atoms with Crippen LogP contribution in [-0.4, -0.2) is 59.0 Å². The van der Waals surface area contributed by atoms with Crippen LogP contribution < -0.4 is 20.9 Å². The van der Waals surface area contributed by atoms with Crippen molar-refractivity contribution in [2.45, 2.75) is 0 Å². The third kappa shape index (κ3) is 5.92. The van der Waals surface area contributed by atoms with Crippen LogP contribution in [0.5, 0.6) is 0 Å². The molecule has 0 atom stereocenters. The number of urea groups is 1. The van der Waals surface area contributed by atoms with E-state index >= 15 is 0 Å². The number of hydrogen-bond acceptors (Lipinski definition) is 8. The summed E-state index contributed by atoms with van der Waals surface area (Å²) in [5, 5.41) is 19.2. The zero-order chi connectivity index (χ0) is 23.2. The van der Waals surface area contributed by atoms with Crippen LogP contribution in [0.4, 0.5) is 39.3 Å². The Hall–Kier alpha value is -4.25. The average Bonchev–Trinajstić information content (AvgIpc) is 2.80. The van der Waals surface area contributed by atoms with Crippen molar-refractivity contribution in [3.05, 3.63) is 70.9 Å². The van der Waals surface area contributed by atoms with Gasteiger partial charge in [0, 0.05) is 61.6 Å². The molecule has 0 unspecified atom stereocenters. The average molecular weight is 448 g/mol. The van der Waals surface area contributed by atoms with E-state index in [0.717, 1.165) is 31.9 Å². The first-order valence-corrected chi connectivity index (χ1v) is 10.4. The molecule has 0 bridgehead atoms. The quantitative estimate of drug-likeness (QED) is 0.386. The second-order valence-corrected chi connectivity index (χ2v) is 7.61. The summed E-state index contributed by atoms with van der Waals surface area (Å²) in [7, 11) is 2.13. The predicted octanol–water partition coefficient (Wildman–Crippen LogP) is 3.52. The Morgan fingerprint density at radius 3 is 2.48 bits per heavy atom. The van der Waals surface area contributed by atoms with Crippen molar-refractivity contribution in [3.8, 4) is 0 Å². The second-order valence-electron chi connectivity index (χ2n) is 7.61. The van der Waals surface area contributed by atoms with Gasteiger partial charge in [0.2, 0.25) is 5.95 Å². The number of amides is 2. The number of likely N-dealkylation sites (N-methyl/N-ethyl adjacent to an activating group) is 1. The summed E-state index contributed by atoms with van der Waals surface area (Å²) in [6, 6.07) is 14.7. The van der Waals surface area contributed by atoms with Gasteiger partial charge in [0.1, 0.15) is 5.82 Å². The zero-order valence-electron chi connectivity index (χ0n) is 18.1. The molecule has 170 valence electrons. The molecule has 1 fully saturated rings. The molecule has 1 aromatic heterocycles. The highest BCUT2D eigenvalue weighted by molar-refractivity contribution is 5.99. The molecule has 4 rings (SSSR count). The molecule has 2 heterocycles. The molecule has 3 aromatic rings. The molecule has 11 nitrogen and oxygen atoms in total. The van der Waals surface area contributed by atoms with E-state index in [9.17, 15) is 14.9 Å². The first kappa shape index (κ1) is 22.0. The number of nitrogens with one attached hydrogen (secondary N) is 3. The molecule has 0 spiro atoms. The third-order valence-electron chi connectivity index (χ3n) is 5.20. The van der Waals surface area contributed by atoms with Gasteiger partial charge >= 0.3 is 6.03 Å². The fourth-order valence-corrected chi connectivity index (χ4v) is 3.41. The minimum Gasteiger partial charge on any atom is -0.369 e. The monoisotopic (exact) mass is 448 g/mol. The maximum Gasteiger partial charge on any atom is 0.324 e. The lowest BCUT2D eigenvalue weighted by Gasteiger charge is -2.34. The Morgan fingerprint density at radius 1 is 1.00 bits per heavy atom. The topological polar surface area (TPSA) is 129 Å². The molecule has 0 saturated carbocycles. The van der Waals surface area contributed by atoms with Gasteiger partial charge in [-0.25, -0.2) is 9.78 Å². The van der Waals surface area contributed by atoms with Gasteiger partial charge < -0.3 is 20.4 Å². The number of carbonyl (C=O) groups excluding carboxylic acids is 1. The largest absolute Gasteiger partial charge is 0.369 e. The number of benzene rings is 2. The summed E-state index contributed by atoms with van der Waals surface area (Å²) in [6.45, 7) is 4.09. The molecular weight excluding hydrogens is 424 g/mol. The van der Waals surface area contributed by atoms with E-state index in [2.05, 4.69) is 54.9 Å². The van der Waals surface area contributed by atoms with Crippen molar-refractivity contribution in [1.82, 2.24) is 14.9 Å². The maximum absolute atomic E-state index is 12.3. The van der Waals surface area contributed by atoms with Gasteiger partial charge in [-0.05, 0) is 43.4 Å². The fraction of sp³-hybridized carbons (Fsp3) is 0.227. The van der Waals surface area contributed by atoms with Crippen LogP contribution >= 0.6 is 0 Å². The second kappa shape index (κ2) is 9.92. The first-order valence-electron chi connectivity index (χ1n) is 10.4. The number of hydrogen-bond donors (Lipinski definition) is 3. The molecule has 3 N–H and O–H groups in total. The minimum atomic E-state index is -0.573. The standard InChI is InChI=1S/C22H24N8O3/c1-28-11-13-29(14-12-28)18-7-5-16(6-8-18)24-21-23-10-9-20(26-21)27-22(31)25-17-3-2-4-19(15-17)30(32)33/h2-10,15H,11-14H2,1H3,(H3,23,24,25,26,27,31). The van der Waals surface area contributed by atoms with Crippen molar-refractivity contribution in [3.63, 3.8) is 0 Å². The van der Waals surface area contributed by atoms with E-state index in [4.69, 9.17) is 0 Å². The zero-order valence-corrected chi connectivity index (χ0v) is 18.1. The van der Waals surface area contributed by atoms with Crippen molar-refractivity contribution >= 4 is 40.5 Å². The number of non-ortho nitro benzene ring substituents is 1. The van der Waals surface area contributed by atoms with E-state index in [0.29, 0.717) is 11.6 Å². The number of carbonyl (C=O) groups is 1. The molecule has 1 aliphatic rings. The Labute approximate surface area is 190 Å². The highest BCUT2D eigenvalue weighted by Gasteiger charge is 2.14. The van der Waals surface area contributed by atoms with Crippen LogP contribution in [0.3, 0.4) is 0 Å². The van der Waals surface area contributed by atoms with Crippen LogP contribution in [0.25, 0.3) is 0 Å². The fourth-order valence-electron chi connectivity index (χ4n) is 3.41. The number of nitrogens with zero attached hydrogens (tertiary/aromatic N) is 5. The molecule has 1 aliphatic heterocycles. The number of piperazine rings is 1. The molecular formula is C22H24N8O3. The first-order chi connectivity index (χ1) is 16.0. The molecule has 2 aromatic carbocycles. The molecule has 11 heteroatoms. The number of nitro benzene ring substituents is 1. The van der Waals surface area contributed by atoms with Crippen molar-refractivity contribution in [2.24, 2.45) is 0 Å². The predicted molar refractivity (Wildman–Crippen MR) is 127 cm³/mol. The lowest BCUT2D eigenvalue weighted by molar-refractivity contribution is -0.384. The van der Waals surface area contributed by atoms with Gasteiger partial charge in [0.15, 0.2) is 0 Å². The molecule has 2 amide bonds. The molecule has 0 radical (unpaired) electrons. The highest BCUT2D eigenvalue weighted by atomic mass is 16.6. The van der Waals surface area contributed by atoms with Crippen LogP contribution in [0, 0.1) is 10.1 Å². The number of rotatable bonds is 6. The normalized spacial score (nSPS) is 13.9. The van der Waals surface area contributed by atoms with Crippen LogP contribution in [0.15, 0.2) is 60.8 Å². The Balaban J connectivity index is 1.35. The van der Waals surface area contributed by atoms with Gasteiger partial charge in [-0.1, -0.05) is 6.07 Å². The summed E-state index contributed by atoms with van der Waals surface area (Å²) in [4.78, 5) is 35.8. The maximum atomic E-state index is 12.3. The molecule has 33 heavy (non-hydrogen) atoms. The SMILES string of the molecule is CN1CCN(c2ccc(Nc3nccc(NC(=O)Nc4cccc([N+](=O)[O-])c4)n3)cc2)CC1. The van der Waals surface area contributed by atoms with Gasteiger partial charge in [0.25, 0.3) is 5.69 Å². The smallest absolute Gasteiger partial charge is 0.324 e. The summed E-state index contributed by atoms with van der Waals surface area (Å²) >= 11 is 0. The molecule has 1 saturated heterocycles. The van der Waals surface area contributed by atoms with E-state index < -0.39 is 11.0 Å². The Kier molecular flexibility index (Phi) is 6.60. The summed E-state index contributed by atoms with van der Waals surface area (Å²) < 4.78 is 0. The van der Waals surface area contributed by atoms with Crippen LogP contribution in [0.1, 0.15) is 0 Å². The third-order valence-corrected chi connectivity index (χ3v) is 5.20. The van der Waals surface area contributed by atoms with Crippen LogP contribution in [-0.2, 0) is 0 Å². The minimum absolute atomic E-state index is 0.111. The number of aromatic nitrogens is 2. The van der Waals surface area contributed by atoms with Crippen molar-refractivity contribution in [1.29, 1.82) is 0 Å². The van der Waals surface area contributed by atoms with E-state index in [-0.39, 0.29) is 11.5 Å². The van der Waals surface area contributed by atoms with Gasteiger partial charge in [-0.3, -0.25) is 15.4 Å². The van der Waals surface area contributed by atoms with Gasteiger partial charge in [-0.2, -0.15) is 4.98 Å². The van der Waals surface area contributed by atoms with Crippen molar-refractivity contribution in [2.75, 3.05) is 54.1 Å². The molecule has 0 aliphatic carbocycles. The number of anilines is 5.